The van der Waals surface area contributed by atoms with Crippen LogP contribution >= 0.6 is 0 Å². The number of benzene rings is 1. The van der Waals surface area contributed by atoms with Crippen molar-refractivity contribution in [1.82, 2.24) is 4.98 Å². The normalized spacial score (nSPS) is 18.1. The molecule has 0 amide bonds. The van der Waals surface area contributed by atoms with Crippen molar-refractivity contribution in [3.05, 3.63) is 42.1 Å². The molecule has 94 valence electrons. The largest absolute Gasteiger partial charge is 0.377 e. The molecule has 0 aliphatic carbocycles. The van der Waals surface area contributed by atoms with Crippen LogP contribution in [-0.2, 0) is 16.1 Å². The van der Waals surface area contributed by atoms with E-state index in [1.807, 2.05) is 30.5 Å². The van der Waals surface area contributed by atoms with Crippen LogP contribution in [0, 0.1) is 0 Å². The Labute approximate surface area is 107 Å². The second-order valence-electron chi connectivity index (χ2n) is 4.64. The summed E-state index contributed by atoms with van der Waals surface area (Å²) in [5.74, 6) is 0. The van der Waals surface area contributed by atoms with E-state index in [-0.39, 0.29) is 0 Å². The molecule has 0 unspecified atom stereocenters. The molecule has 1 fully saturated rings. The molecule has 0 bridgehead atoms. The van der Waals surface area contributed by atoms with Crippen LogP contribution in [0.25, 0.3) is 10.9 Å². The van der Waals surface area contributed by atoms with Gasteiger partial charge in [0.1, 0.15) is 0 Å². The summed E-state index contributed by atoms with van der Waals surface area (Å²) in [5, 5.41) is 1.19. The van der Waals surface area contributed by atoms with E-state index in [9.17, 15) is 0 Å². The zero-order chi connectivity index (χ0) is 12.2. The third-order valence-electron chi connectivity index (χ3n) is 3.21. The molecule has 0 N–H and O–H groups in total. The molecule has 1 aromatic heterocycles. The van der Waals surface area contributed by atoms with E-state index >= 15 is 0 Å². The maximum absolute atomic E-state index is 5.72. The monoisotopic (exact) mass is 243 g/mol. The number of fused-ring (bicyclic) bond motifs is 1. The zero-order valence-electron chi connectivity index (χ0n) is 10.3. The van der Waals surface area contributed by atoms with Gasteiger partial charge in [-0.3, -0.25) is 4.98 Å². The predicted molar refractivity (Wildman–Crippen MR) is 70.4 cm³/mol. The first kappa shape index (κ1) is 11.6. The van der Waals surface area contributed by atoms with Gasteiger partial charge in [-0.2, -0.15) is 0 Å². The number of nitrogens with zero attached hydrogens (tertiary/aromatic N) is 1. The van der Waals surface area contributed by atoms with E-state index in [0.29, 0.717) is 12.7 Å². The molecule has 1 aliphatic rings. The lowest BCUT2D eigenvalue weighted by Gasteiger charge is -2.06. The van der Waals surface area contributed by atoms with Gasteiger partial charge in [0.25, 0.3) is 0 Å². The first-order valence-corrected chi connectivity index (χ1v) is 6.45. The lowest BCUT2D eigenvalue weighted by molar-refractivity contribution is 0.116. The van der Waals surface area contributed by atoms with Crippen LogP contribution in [0.4, 0.5) is 0 Å². The standard InChI is InChI=1S/C15H17NO2/c1-2-6-15-14(5-1)12(7-8-16-15)10-17-9-3-4-13-11-18-13/h1-2,5-8,13H,3-4,9-11H2/t13-/m1/s1. The van der Waals surface area contributed by atoms with Crippen LogP contribution in [-0.4, -0.2) is 24.3 Å². The number of pyridine rings is 1. The number of hydrogen-bond acceptors (Lipinski definition) is 3. The molecule has 0 radical (unpaired) electrons. The number of epoxide rings is 1. The number of aromatic nitrogens is 1. The van der Waals surface area contributed by atoms with Crippen molar-refractivity contribution >= 4 is 10.9 Å². The Kier molecular flexibility index (Phi) is 3.53. The molecule has 1 saturated heterocycles. The summed E-state index contributed by atoms with van der Waals surface area (Å²) in [5.41, 5.74) is 2.24. The molecule has 18 heavy (non-hydrogen) atoms. The van der Waals surface area contributed by atoms with Gasteiger partial charge in [0, 0.05) is 18.2 Å². The van der Waals surface area contributed by atoms with Crippen LogP contribution in [0.15, 0.2) is 36.5 Å². The van der Waals surface area contributed by atoms with Gasteiger partial charge in [-0.25, -0.2) is 0 Å². The minimum absolute atomic E-state index is 0.510. The fraction of sp³-hybridized carbons (Fsp3) is 0.400. The molecule has 3 rings (SSSR count). The first-order valence-electron chi connectivity index (χ1n) is 6.45. The predicted octanol–water partition coefficient (Wildman–Crippen LogP) is 2.93. The molecule has 2 aromatic rings. The molecule has 3 nitrogen and oxygen atoms in total. The third-order valence-corrected chi connectivity index (χ3v) is 3.21. The van der Waals surface area contributed by atoms with E-state index in [2.05, 4.69) is 11.1 Å². The number of ether oxygens (including phenoxy) is 2. The van der Waals surface area contributed by atoms with Crippen molar-refractivity contribution in [1.29, 1.82) is 0 Å². The molecule has 0 saturated carbocycles. The summed E-state index contributed by atoms with van der Waals surface area (Å²) in [6, 6.07) is 10.2. The Bertz CT molecular complexity index is 517. The highest BCUT2D eigenvalue weighted by Crippen LogP contribution is 2.18. The van der Waals surface area contributed by atoms with Gasteiger partial charge in [0.15, 0.2) is 0 Å². The van der Waals surface area contributed by atoms with Crippen LogP contribution < -0.4 is 0 Å². The number of para-hydroxylation sites is 1. The highest BCUT2D eigenvalue weighted by Gasteiger charge is 2.21. The van der Waals surface area contributed by atoms with Crippen molar-refractivity contribution in [2.24, 2.45) is 0 Å². The molecule has 2 heterocycles. The quantitative estimate of drug-likeness (QED) is 0.578. The number of rotatable bonds is 6. The van der Waals surface area contributed by atoms with E-state index in [4.69, 9.17) is 9.47 Å². The lowest BCUT2D eigenvalue weighted by atomic mass is 10.1. The van der Waals surface area contributed by atoms with Crippen molar-refractivity contribution in [3.8, 4) is 0 Å². The minimum atomic E-state index is 0.510. The van der Waals surface area contributed by atoms with Gasteiger partial charge >= 0.3 is 0 Å². The zero-order valence-corrected chi connectivity index (χ0v) is 10.3. The SMILES string of the molecule is c1ccc2c(COCCC[C@@H]3CO3)ccnc2c1. The molecule has 1 aromatic carbocycles. The van der Waals surface area contributed by atoms with E-state index in [1.165, 1.54) is 10.9 Å². The van der Waals surface area contributed by atoms with Crippen molar-refractivity contribution in [2.75, 3.05) is 13.2 Å². The van der Waals surface area contributed by atoms with E-state index in [1.54, 1.807) is 0 Å². The van der Waals surface area contributed by atoms with Crippen molar-refractivity contribution in [3.63, 3.8) is 0 Å². The summed E-state index contributed by atoms with van der Waals surface area (Å²) in [4.78, 5) is 4.35. The number of hydrogen-bond donors (Lipinski definition) is 0. The maximum Gasteiger partial charge on any atom is 0.0810 e. The van der Waals surface area contributed by atoms with Gasteiger partial charge in [-0.15, -0.1) is 0 Å². The fourth-order valence-electron chi connectivity index (χ4n) is 2.11. The molecule has 1 aliphatic heterocycles. The summed E-state index contributed by atoms with van der Waals surface area (Å²) in [6.45, 7) is 2.40. The summed E-state index contributed by atoms with van der Waals surface area (Å²) in [6.07, 6.45) is 4.56. The first-order chi connectivity index (χ1) is 8.93. The minimum Gasteiger partial charge on any atom is -0.377 e. The van der Waals surface area contributed by atoms with Crippen molar-refractivity contribution < 1.29 is 9.47 Å². The smallest absolute Gasteiger partial charge is 0.0810 e. The Morgan fingerprint density at radius 2 is 2.17 bits per heavy atom. The molecular weight excluding hydrogens is 226 g/mol. The fourth-order valence-corrected chi connectivity index (χ4v) is 2.11. The topological polar surface area (TPSA) is 34.6 Å². The summed E-state index contributed by atoms with van der Waals surface area (Å²) < 4.78 is 10.9. The van der Waals surface area contributed by atoms with Gasteiger partial charge in [0.05, 0.1) is 24.8 Å². The Morgan fingerprint density at radius 1 is 1.28 bits per heavy atom. The highest BCUT2D eigenvalue weighted by atomic mass is 16.6. The molecule has 0 spiro atoms. The van der Waals surface area contributed by atoms with Gasteiger partial charge in [0.2, 0.25) is 0 Å². The van der Waals surface area contributed by atoms with Gasteiger partial charge in [-0.05, 0) is 30.5 Å². The average molecular weight is 243 g/mol. The van der Waals surface area contributed by atoms with Crippen LogP contribution in [0.5, 0.6) is 0 Å². The van der Waals surface area contributed by atoms with Crippen LogP contribution in [0.3, 0.4) is 0 Å². The summed E-state index contributed by atoms with van der Waals surface area (Å²) in [7, 11) is 0. The van der Waals surface area contributed by atoms with Gasteiger partial charge in [-0.1, -0.05) is 18.2 Å². The van der Waals surface area contributed by atoms with Gasteiger partial charge < -0.3 is 9.47 Å². The van der Waals surface area contributed by atoms with Crippen molar-refractivity contribution in [2.45, 2.75) is 25.6 Å². The molecular formula is C15H17NO2. The summed E-state index contributed by atoms with van der Waals surface area (Å²) >= 11 is 0. The third kappa shape index (κ3) is 2.86. The Hall–Kier alpha value is -1.45. The maximum atomic E-state index is 5.72. The second-order valence-corrected chi connectivity index (χ2v) is 4.64. The molecule has 3 heteroatoms. The molecule has 1 atom stereocenters. The van der Waals surface area contributed by atoms with Crippen LogP contribution in [0.1, 0.15) is 18.4 Å². The Balaban J connectivity index is 1.56. The average Bonchev–Trinajstić information content (AvgIpc) is 3.23. The second kappa shape index (κ2) is 5.46. The lowest BCUT2D eigenvalue weighted by Crippen LogP contribution is -1.98. The highest BCUT2D eigenvalue weighted by molar-refractivity contribution is 5.81. The van der Waals surface area contributed by atoms with Crippen LogP contribution in [0.2, 0.25) is 0 Å². The van der Waals surface area contributed by atoms with E-state index in [0.717, 1.165) is 31.6 Å². The Morgan fingerprint density at radius 3 is 3.06 bits per heavy atom. The van der Waals surface area contributed by atoms with E-state index < -0.39 is 0 Å².